The van der Waals surface area contributed by atoms with Crippen LogP contribution < -0.4 is 0 Å². The summed E-state index contributed by atoms with van der Waals surface area (Å²) in [6.07, 6.45) is 2.31. The molecule has 7 heteroatoms. The number of nitrogens with zero attached hydrogens (tertiary/aromatic N) is 5. The molecular formula is C19H23N5OS. The number of carbonyl (C=O) groups excluding carboxylic acids is 1. The van der Waals surface area contributed by atoms with Gasteiger partial charge in [-0.05, 0) is 31.7 Å². The average Bonchev–Trinajstić information content (AvgIpc) is 2.99. The highest BCUT2D eigenvalue weighted by atomic mass is 32.2. The Labute approximate surface area is 157 Å². The van der Waals surface area contributed by atoms with Gasteiger partial charge in [0, 0.05) is 25.0 Å². The molecule has 1 saturated heterocycles. The molecule has 0 bridgehead atoms. The number of piperidine rings is 1. The molecule has 3 heterocycles. The van der Waals surface area contributed by atoms with Crippen LogP contribution in [0.3, 0.4) is 0 Å². The molecule has 1 aromatic carbocycles. The van der Waals surface area contributed by atoms with Gasteiger partial charge in [-0.15, -0.1) is 10.2 Å². The van der Waals surface area contributed by atoms with E-state index in [4.69, 9.17) is 4.98 Å². The lowest BCUT2D eigenvalue weighted by atomic mass is 10.0. The molecule has 0 spiro atoms. The molecule has 26 heavy (non-hydrogen) atoms. The lowest BCUT2D eigenvalue weighted by Gasteiger charge is -2.30. The highest BCUT2D eigenvalue weighted by Crippen LogP contribution is 2.27. The maximum absolute atomic E-state index is 12.5. The van der Waals surface area contributed by atoms with Crippen molar-refractivity contribution in [2.24, 2.45) is 5.92 Å². The summed E-state index contributed by atoms with van der Waals surface area (Å²) < 4.78 is 2.15. The van der Waals surface area contributed by atoms with E-state index in [1.54, 1.807) is 0 Å². The summed E-state index contributed by atoms with van der Waals surface area (Å²) in [4.78, 5) is 19.1. The SMILES string of the molecule is CCn1c2ccccc2c2nnc(SCC(=O)N3CCC[C@H](C)C3)nc21. The number of likely N-dealkylation sites (tertiary alicyclic amines) is 1. The molecule has 0 saturated carbocycles. The first kappa shape index (κ1) is 17.3. The van der Waals surface area contributed by atoms with Gasteiger partial charge < -0.3 is 9.47 Å². The third-order valence-corrected chi connectivity index (χ3v) is 5.83. The molecule has 1 aliphatic heterocycles. The molecule has 0 N–H and O–H groups in total. The molecule has 136 valence electrons. The Kier molecular flexibility index (Phi) is 4.80. The Morgan fingerprint density at radius 1 is 1.31 bits per heavy atom. The maximum atomic E-state index is 12.5. The number of benzene rings is 1. The van der Waals surface area contributed by atoms with Gasteiger partial charge in [-0.2, -0.15) is 0 Å². The first-order chi connectivity index (χ1) is 12.7. The maximum Gasteiger partial charge on any atom is 0.233 e. The predicted molar refractivity (Wildman–Crippen MR) is 104 cm³/mol. The number of hydrogen-bond acceptors (Lipinski definition) is 5. The lowest BCUT2D eigenvalue weighted by Crippen LogP contribution is -2.40. The van der Waals surface area contributed by atoms with E-state index in [0.717, 1.165) is 48.1 Å². The Hall–Kier alpha value is -2.15. The molecule has 1 aliphatic rings. The van der Waals surface area contributed by atoms with E-state index in [9.17, 15) is 4.79 Å². The summed E-state index contributed by atoms with van der Waals surface area (Å²) in [6.45, 7) is 6.85. The van der Waals surface area contributed by atoms with E-state index >= 15 is 0 Å². The summed E-state index contributed by atoms with van der Waals surface area (Å²) in [6, 6.07) is 8.16. The van der Waals surface area contributed by atoms with Crippen LogP contribution in [-0.4, -0.2) is 49.4 Å². The second-order valence-corrected chi connectivity index (χ2v) is 7.85. The average molecular weight is 369 g/mol. The van der Waals surface area contributed by atoms with Gasteiger partial charge in [-0.25, -0.2) is 4.98 Å². The van der Waals surface area contributed by atoms with E-state index in [0.29, 0.717) is 16.8 Å². The molecule has 1 amide bonds. The number of hydrogen-bond donors (Lipinski definition) is 0. The van der Waals surface area contributed by atoms with Crippen LogP contribution in [0.5, 0.6) is 0 Å². The van der Waals surface area contributed by atoms with Crippen LogP contribution in [0.4, 0.5) is 0 Å². The fourth-order valence-corrected chi connectivity index (χ4v) is 4.39. The Bertz CT molecular complexity index is 954. The number of aryl methyl sites for hydroxylation is 1. The van der Waals surface area contributed by atoms with E-state index in [-0.39, 0.29) is 5.91 Å². The zero-order valence-electron chi connectivity index (χ0n) is 15.2. The summed E-state index contributed by atoms with van der Waals surface area (Å²) in [5.74, 6) is 1.13. The Morgan fingerprint density at radius 3 is 2.96 bits per heavy atom. The predicted octanol–water partition coefficient (Wildman–Crippen LogP) is 3.35. The second-order valence-electron chi connectivity index (χ2n) is 6.90. The standard InChI is InChI=1S/C19H23N5OS/c1-3-24-15-9-5-4-8-14(15)17-18(24)20-19(22-21-17)26-12-16(25)23-10-6-7-13(2)11-23/h4-5,8-9,13H,3,6-7,10-12H2,1-2H3/t13-/m0/s1. The topological polar surface area (TPSA) is 63.9 Å². The largest absolute Gasteiger partial charge is 0.342 e. The quantitative estimate of drug-likeness (QED) is 0.660. The first-order valence-electron chi connectivity index (χ1n) is 9.19. The number of aromatic nitrogens is 4. The third-order valence-electron chi connectivity index (χ3n) is 5.01. The van der Waals surface area contributed by atoms with Crippen LogP contribution in [0.1, 0.15) is 26.7 Å². The summed E-state index contributed by atoms with van der Waals surface area (Å²) in [5.41, 5.74) is 2.78. The van der Waals surface area contributed by atoms with Crippen molar-refractivity contribution in [1.29, 1.82) is 0 Å². The number of amides is 1. The van der Waals surface area contributed by atoms with Gasteiger partial charge in [0.15, 0.2) is 5.65 Å². The van der Waals surface area contributed by atoms with Gasteiger partial charge in [0.2, 0.25) is 11.1 Å². The molecule has 4 rings (SSSR count). The van der Waals surface area contributed by atoms with Crippen LogP contribution in [0.15, 0.2) is 29.4 Å². The molecule has 1 atom stereocenters. The van der Waals surface area contributed by atoms with Crippen molar-refractivity contribution in [1.82, 2.24) is 24.6 Å². The molecule has 6 nitrogen and oxygen atoms in total. The summed E-state index contributed by atoms with van der Waals surface area (Å²) in [7, 11) is 0. The normalized spacial score (nSPS) is 17.9. The van der Waals surface area contributed by atoms with E-state index in [2.05, 4.69) is 34.7 Å². The molecule has 1 fully saturated rings. The third kappa shape index (κ3) is 3.16. The molecule has 0 aliphatic carbocycles. The Morgan fingerprint density at radius 2 is 2.15 bits per heavy atom. The smallest absolute Gasteiger partial charge is 0.233 e. The van der Waals surface area contributed by atoms with Gasteiger partial charge in [-0.3, -0.25) is 4.79 Å². The minimum absolute atomic E-state index is 0.168. The van der Waals surface area contributed by atoms with Crippen molar-refractivity contribution >= 4 is 39.7 Å². The number of carbonyl (C=O) groups is 1. The monoisotopic (exact) mass is 369 g/mol. The van der Waals surface area contributed by atoms with E-state index in [1.165, 1.54) is 18.2 Å². The van der Waals surface area contributed by atoms with Crippen molar-refractivity contribution in [3.8, 4) is 0 Å². The fourth-order valence-electron chi connectivity index (χ4n) is 3.70. The number of thioether (sulfide) groups is 1. The van der Waals surface area contributed by atoms with Crippen LogP contribution in [0.2, 0.25) is 0 Å². The zero-order valence-corrected chi connectivity index (χ0v) is 16.0. The van der Waals surface area contributed by atoms with E-state index < -0.39 is 0 Å². The fraction of sp³-hybridized carbons (Fsp3) is 0.474. The number of rotatable bonds is 4. The highest BCUT2D eigenvalue weighted by molar-refractivity contribution is 7.99. The first-order valence-corrected chi connectivity index (χ1v) is 10.2. The molecular weight excluding hydrogens is 346 g/mol. The van der Waals surface area contributed by atoms with Gasteiger partial charge in [0.25, 0.3) is 0 Å². The molecule has 0 radical (unpaired) electrons. The van der Waals surface area contributed by atoms with Gasteiger partial charge >= 0.3 is 0 Å². The van der Waals surface area contributed by atoms with E-state index in [1.807, 2.05) is 23.1 Å². The minimum atomic E-state index is 0.168. The van der Waals surface area contributed by atoms with Crippen LogP contribution in [0, 0.1) is 5.92 Å². The highest BCUT2D eigenvalue weighted by Gasteiger charge is 2.21. The minimum Gasteiger partial charge on any atom is -0.342 e. The van der Waals surface area contributed by atoms with Crippen LogP contribution in [0.25, 0.3) is 22.1 Å². The summed E-state index contributed by atoms with van der Waals surface area (Å²) >= 11 is 1.38. The van der Waals surface area contributed by atoms with Crippen molar-refractivity contribution in [3.63, 3.8) is 0 Å². The van der Waals surface area contributed by atoms with Crippen LogP contribution in [-0.2, 0) is 11.3 Å². The lowest BCUT2D eigenvalue weighted by molar-refractivity contribution is -0.130. The number of para-hydroxylation sites is 1. The Balaban J connectivity index is 1.56. The van der Waals surface area contributed by atoms with Gasteiger partial charge in [0.1, 0.15) is 5.52 Å². The molecule has 0 unspecified atom stereocenters. The zero-order chi connectivity index (χ0) is 18.1. The summed E-state index contributed by atoms with van der Waals surface area (Å²) in [5, 5.41) is 10.3. The molecule has 2 aromatic heterocycles. The second kappa shape index (κ2) is 7.23. The van der Waals surface area contributed by atoms with Gasteiger partial charge in [0.05, 0.1) is 11.3 Å². The van der Waals surface area contributed by atoms with Crippen molar-refractivity contribution in [2.45, 2.75) is 38.4 Å². The van der Waals surface area contributed by atoms with Crippen LogP contribution >= 0.6 is 11.8 Å². The van der Waals surface area contributed by atoms with Crippen molar-refractivity contribution in [3.05, 3.63) is 24.3 Å². The molecule has 3 aromatic rings. The van der Waals surface area contributed by atoms with Crippen molar-refractivity contribution < 1.29 is 4.79 Å². The van der Waals surface area contributed by atoms with Gasteiger partial charge in [-0.1, -0.05) is 36.9 Å². The number of fused-ring (bicyclic) bond motifs is 3. The van der Waals surface area contributed by atoms with Crippen molar-refractivity contribution in [2.75, 3.05) is 18.8 Å².